The molecule has 182 valence electrons. The van der Waals surface area contributed by atoms with Crippen LogP contribution < -0.4 is 0 Å². The minimum Gasteiger partial charge on any atom is -0.481 e. The molecule has 2 heterocycles. The normalized spacial score (nSPS) is 27.2. The third-order valence-electron chi connectivity index (χ3n) is 8.57. The number of ether oxygens (including phenoxy) is 1. The van der Waals surface area contributed by atoms with Gasteiger partial charge in [-0.3, -0.25) is 4.79 Å². The molecule has 3 atom stereocenters. The van der Waals surface area contributed by atoms with Crippen molar-refractivity contribution >= 4 is 5.97 Å². The first-order valence-corrected chi connectivity index (χ1v) is 12.7. The number of hydrogen-bond acceptors (Lipinski definition) is 4. The number of carboxylic acids is 1. The number of nitrogens with zero attached hydrogens (tertiary/aromatic N) is 2. The van der Waals surface area contributed by atoms with Gasteiger partial charge >= 0.3 is 5.97 Å². The molecule has 0 radical (unpaired) electrons. The van der Waals surface area contributed by atoms with E-state index in [1.54, 1.807) is 12.1 Å². The maximum absolute atomic E-state index is 14.2. The summed E-state index contributed by atoms with van der Waals surface area (Å²) in [6.45, 7) is 12.0. The second-order valence-electron chi connectivity index (χ2n) is 10.2. The van der Waals surface area contributed by atoms with Gasteiger partial charge in [-0.05, 0) is 106 Å². The molecule has 6 heteroatoms. The summed E-state index contributed by atoms with van der Waals surface area (Å²) in [5, 5.41) is 9.38. The van der Waals surface area contributed by atoms with Crippen LogP contribution in [0.25, 0.3) is 0 Å². The third-order valence-corrected chi connectivity index (χ3v) is 8.57. The van der Waals surface area contributed by atoms with E-state index in [1.807, 2.05) is 6.92 Å². The van der Waals surface area contributed by atoms with E-state index in [-0.39, 0.29) is 17.7 Å². The van der Waals surface area contributed by atoms with E-state index >= 15 is 0 Å². The predicted molar refractivity (Wildman–Crippen MR) is 128 cm³/mol. The number of hydrogen-bond donors (Lipinski definition) is 1. The molecular weight excluding hydrogens is 419 g/mol. The maximum Gasteiger partial charge on any atom is 0.307 e. The fourth-order valence-electron chi connectivity index (χ4n) is 6.80. The van der Waals surface area contributed by atoms with Gasteiger partial charge in [0.1, 0.15) is 5.82 Å². The highest BCUT2D eigenvalue weighted by Gasteiger charge is 2.45. The highest BCUT2D eigenvalue weighted by Crippen LogP contribution is 2.45. The van der Waals surface area contributed by atoms with Crippen LogP contribution in [0.3, 0.4) is 0 Å². The van der Waals surface area contributed by atoms with Crippen LogP contribution in [-0.2, 0) is 21.4 Å². The molecule has 1 aromatic rings. The van der Waals surface area contributed by atoms with E-state index in [4.69, 9.17) is 4.74 Å². The van der Waals surface area contributed by atoms with Gasteiger partial charge in [-0.1, -0.05) is 13.0 Å². The largest absolute Gasteiger partial charge is 0.481 e. The summed E-state index contributed by atoms with van der Waals surface area (Å²) < 4.78 is 20.0. The van der Waals surface area contributed by atoms with E-state index in [9.17, 15) is 14.3 Å². The summed E-state index contributed by atoms with van der Waals surface area (Å²) in [6, 6.07) is 5.74. The van der Waals surface area contributed by atoms with Crippen molar-refractivity contribution in [3.63, 3.8) is 0 Å². The molecule has 3 aliphatic rings. The number of halogens is 1. The van der Waals surface area contributed by atoms with Crippen LogP contribution >= 0.6 is 0 Å². The first kappa shape index (κ1) is 24.1. The second-order valence-corrected chi connectivity index (χ2v) is 10.2. The molecule has 0 spiro atoms. The summed E-state index contributed by atoms with van der Waals surface area (Å²) in [6.07, 6.45) is 7.60. The number of piperidine rings is 2. The smallest absolute Gasteiger partial charge is 0.307 e. The van der Waals surface area contributed by atoms with Crippen molar-refractivity contribution in [2.75, 3.05) is 26.2 Å². The lowest BCUT2D eigenvalue weighted by Gasteiger charge is -2.45. The summed E-state index contributed by atoms with van der Waals surface area (Å²) in [7, 11) is 0. The highest BCUT2D eigenvalue weighted by atomic mass is 19.1. The van der Waals surface area contributed by atoms with Crippen LogP contribution in [0.15, 0.2) is 30.7 Å². The Kier molecular flexibility index (Phi) is 7.32. The standard InChI is InChI=1S/C27H39FN2O3/c1-4-27(24-17-22(28)9-8-20(24)16-26(31)32)10-13-29(14-11-27)23-15-21-7-6-12-30(25(21)18-23)19(3)33-5-2/h8-9,17,21,23,25H,3-7,10-16,18H2,1-2H3,(H,31,32). The minimum atomic E-state index is -0.863. The number of aliphatic carboxylic acids is 1. The van der Waals surface area contributed by atoms with Crippen LogP contribution in [0.2, 0.25) is 0 Å². The topological polar surface area (TPSA) is 53.0 Å². The molecule has 2 aliphatic heterocycles. The van der Waals surface area contributed by atoms with Gasteiger partial charge in [-0.2, -0.15) is 0 Å². The van der Waals surface area contributed by atoms with Gasteiger partial charge in [-0.15, -0.1) is 0 Å². The maximum atomic E-state index is 14.2. The van der Waals surface area contributed by atoms with E-state index in [1.165, 1.54) is 25.3 Å². The van der Waals surface area contributed by atoms with E-state index in [0.717, 1.165) is 62.3 Å². The number of benzene rings is 1. The van der Waals surface area contributed by atoms with Crippen molar-refractivity contribution in [1.29, 1.82) is 0 Å². The number of likely N-dealkylation sites (tertiary alicyclic amines) is 2. The van der Waals surface area contributed by atoms with E-state index in [2.05, 4.69) is 23.3 Å². The lowest BCUT2D eigenvalue weighted by atomic mass is 9.69. The van der Waals surface area contributed by atoms with Crippen molar-refractivity contribution in [3.8, 4) is 0 Å². The molecule has 1 N–H and O–H groups in total. The number of carbonyl (C=O) groups is 1. The first-order chi connectivity index (χ1) is 15.9. The Labute approximate surface area is 197 Å². The van der Waals surface area contributed by atoms with E-state index in [0.29, 0.717) is 24.6 Å². The summed E-state index contributed by atoms with van der Waals surface area (Å²) in [5.41, 5.74) is 1.52. The van der Waals surface area contributed by atoms with Gasteiger partial charge in [0.25, 0.3) is 0 Å². The van der Waals surface area contributed by atoms with Gasteiger partial charge in [-0.25, -0.2) is 4.39 Å². The zero-order valence-electron chi connectivity index (χ0n) is 20.2. The Hall–Kier alpha value is -2.08. The molecular formula is C27H39FN2O3. The average molecular weight is 459 g/mol. The Morgan fingerprint density at radius 1 is 1.24 bits per heavy atom. The van der Waals surface area contributed by atoms with Gasteiger partial charge in [0.15, 0.2) is 5.88 Å². The fraction of sp³-hybridized carbons (Fsp3) is 0.667. The van der Waals surface area contributed by atoms with Gasteiger partial charge in [0.2, 0.25) is 0 Å². The van der Waals surface area contributed by atoms with Crippen LogP contribution in [0.5, 0.6) is 0 Å². The van der Waals surface area contributed by atoms with Crippen molar-refractivity contribution in [1.82, 2.24) is 9.80 Å². The summed E-state index contributed by atoms with van der Waals surface area (Å²) in [5.74, 6) is 0.389. The number of fused-ring (bicyclic) bond motifs is 1. The minimum absolute atomic E-state index is 0.0490. The molecule has 1 aliphatic carbocycles. The lowest BCUT2D eigenvalue weighted by Crippen LogP contribution is -2.47. The molecule has 3 unspecified atom stereocenters. The Bertz CT molecular complexity index is 865. The van der Waals surface area contributed by atoms with Crippen molar-refractivity contribution in [3.05, 3.63) is 47.6 Å². The van der Waals surface area contributed by atoms with Gasteiger partial charge in [0.05, 0.1) is 13.0 Å². The van der Waals surface area contributed by atoms with Crippen LogP contribution in [-0.4, -0.2) is 59.2 Å². The zero-order valence-corrected chi connectivity index (χ0v) is 20.2. The van der Waals surface area contributed by atoms with Crippen molar-refractivity contribution in [2.45, 2.75) is 82.7 Å². The van der Waals surface area contributed by atoms with Gasteiger partial charge < -0.3 is 19.6 Å². The quantitative estimate of drug-likeness (QED) is 0.559. The summed E-state index contributed by atoms with van der Waals surface area (Å²) >= 11 is 0. The Morgan fingerprint density at radius 3 is 2.67 bits per heavy atom. The summed E-state index contributed by atoms with van der Waals surface area (Å²) in [4.78, 5) is 16.5. The molecule has 2 saturated heterocycles. The van der Waals surface area contributed by atoms with Crippen molar-refractivity contribution < 1.29 is 19.0 Å². The predicted octanol–water partition coefficient (Wildman–Crippen LogP) is 4.95. The molecule has 3 fully saturated rings. The molecule has 1 saturated carbocycles. The second kappa shape index (κ2) is 10.0. The molecule has 4 rings (SSSR count). The zero-order chi connectivity index (χ0) is 23.6. The van der Waals surface area contributed by atoms with Crippen LogP contribution in [0.1, 0.15) is 69.9 Å². The molecule has 5 nitrogen and oxygen atoms in total. The number of carboxylic acid groups (broad SMARTS) is 1. The van der Waals surface area contributed by atoms with Crippen LogP contribution in [0.4, 0.5) is 4.39 Å². The Balaban J connectivity index is 1.46. The fourth-order valence-corrected chi connectivity index (χ4v) is 6.80. The lowest BCUT2D eigenvalue weighted by molar-refractivity contribution is -0.136. The molecule has 33 heavy (non-hydrogen) atoms. The molecule has 0 bridgehead atoms. The monoisotopic (exact) mass is 458 g/mol. The molecule has 1 aromatic carbocycles. The van der Waals surface area contributed by atoms with Gasteiger partial charge in [0, 0.05) is 18.6 Å². The Morgan fingerprint density at radius 2 is 2.00 bits per heavy atom. The average Bonchev–Trinajstić information content (AvgIpc) is 3.24. The van der Waals surface area contributed by atoms with Crippen LogP contribution in [0, 0.1) is 11.7 Å². The number of rotatable bonds is 8. The first-order valence-electron chi connectivity index (χ1n) is 12.7. The highest BCUT2D eigenvalue weighted by molar-refractivity contribution is 5.71. The molecule has 0 amide bonds. The third kappa shape index (κ3) is 4.91. The van der Waals surface area contributed by atoms with Crippen molar-refractivity contribution in [2.24, 2.45) is 5.92 Å². The molecule has 0 aromatic heterocycles. The van der Waals surface area contributed by atoms with E-state index < -0.39 is 5.97 Å². The SMILES string of the molecule is C=C(OCC)N1CCCC2CC(N3CCC(CC)(c4cc(F)ccc4CC(=O)O)CC3)CC21.